The zero-order valence-corrected chi connectivity index (χ0v) is 7.73. The van der Waals surface area contributed by atoms with Crippen molar-refractivity contribution < 1.29 is 9.53 Å². The molecule has 0 aromatic carbocycles. The van der Waals surface area contributed by atoms with Crippen molar-refractivity contribution in [1.29, 1.82) is 0 Å². The number of carbonyl (C=O) groups excluding carboxylic acids is 1. The van der Waals surface area contributed by atoms with Crippen molar-refractivity contribution in [1.82, 2.24) is 0 Å². The van der Waals surface area contributed by atoms with E-state index in [1.807, 2.05) is 0 Å². The molecule has 0 radical (unpaired) electrons. The fraction of sp³-hybridized carbons (Fsp3) is 0.250. The van der Waals surface area contributed by atoms with Gasteiger partial charge in [-0.15, -0.1) is 0 Å². The van der Waals surface area contributed by atoms with Gasteiger partial charge < -0.3 is 4.74 Å². The molecule has 0 atom stereocenters. The summed E-state index contributed by atoms with van der Waals surface area (Å²) in [6, 6.07) is 0. The van der Waals surface area contributed by atoms with Crippen LogP contribution in [0.2, 0.25) is 0 Å². The maximum absolute atomic E-state index is 9.84. The van der Waals surface area contributed by atoms with Gasteiger partial charge in [-0.2, -0.15) is 11.1 Å². The van der Waals surface area contributed by atoms with E-state index in [-0.39, 0.29) is 0 Å². The molecule has 8 heavy (non-hydrogen) atoms. The summed E-state index contributed by atoms with van der Waals surface area (Å²) in [5.41, 5.74) is 0. The molecule has 0 saturated heterocycles. The summed E-state index contributed by atoms with van der Waals surface area (Å²) >= 11 is 4.78. The van der Waals surface area contributed by atoms with Crippen molar-refractivity contribution in [2.75, 3.05) is 7.11 Å². The van der Waals surface area contributed by atoms with Crippen LogP contribution in [0, 0.1) is 0 Å². The van der Waals surface area contributed by atoms with Crippen LogP contribution < -0.4 is 0 Å². The molecule has 0 aromatic rings. The van der Waals surface area contributed by atoms with E-state index in [0.717, 1.165) is 15.6 Å². The van der Waals surface area contributed by atoms with E-state index in [1.165, 1.54) is 7.11 Å². The summed E-state index contributed by atoms with van der Waals surface area (Å²) in [4.78, 5) is 9.84. The van der Waals surface area contributed by atoms with E-state index in [2.05, 4.69) is 11.3 Å². The van der Waals surface area contributed by atoms with Gasteiger partial charge >= 0.3 is 5.97 Å². The number of hydrogen-bond donors (Lipinski definition) is 0. The first-order chi connectivity index (χ1) is 3.81. The fourth-order valence-corrected chi connectivity index (χ4v) is 0.0833. The second kappa shape index (κ2) is 9.87. The molecule has 0 fully saturated rings. The van der Waals surface area contributed by atoms with E-state index in [9.17, 15) is 4.79 Å². The maximum atomic E-state index is 9.84. The Morgan fingerprint density at radius 3 is 2.25 bits per heavy atom. The highest BCUT2D eigenvalue weighted by Gasteiger charge is 1.81. The van der Waals surface area contributed by atoms with E-state index in [0.29, 0.717) is 0 Å². The van der Waals surface area contributed by atoms with Crippen LogP contribution in [0.25, 0.3) is 0 Å². The fourth-order valence-electron chi connectivity index (χ4n) is 0.0833. The van der Waals surface area contributed by atoms with E-state index in [1.54, 1.807) is 0 Å². The predicted octanol–water partition coefficient (Wildman–Crippen LogP) is -0.149. The molecule has 0 aliphatic carbocycles. The molecule has 0 amide bonds. The van der Waals surface area contributed by atoms with Gasteiger partial charge in [-0.1, -0.05) is 6.58 Å². The maximum Gasteiger partial charge on any atom is 0.329 e. The summed E-state index contributed by atoms with van der Waals surface area (Å²) in [7, 11) is 2.09. The zero-order valence-electron chi connectivity index (χ0n) is 4.98. The molecule has 0 unspecified atom stereocenters. The molecule has 0 aliphatic rings. The zero-order chi connectivity index (χ0) is 6.99. The Hall–Kier alpha value is -0.283. The number of ether oxygens (including phenoxy) is 1. The molecule has 48 valence electrons. The van der Waals surface area contributed by atoms with Gasteiger partial charge in [0.1, 0.15) is 9.55 Å². The minimum Gasteiger partial charge on any atom is -0.466 e. The molecule has 0 spiro atoms. The Bertz CT molecular complexity index is 74.4. The van der Waals surface area contributed by atoms with Crippen molar-refractivity contribution in [3.8, 4) is 0 Å². The Kier molecular flexibility index (Phi) is 13.1. The number of methoxy groups -OCH3 is 1. The first-order valence-corrected chi connectivity index (χ1v) is 4.92. The first-order valence-electron chi connectivity index (χ1n) is 1.89. The number of halogens is 1. The highest BCUT2D eigenvalue weighted by Crippen LogP contribution is 1.67. The molecule has 0 heterocycles. The van der Waals surface area contributed by atoms with Gasteiger partial charge in [-0.25, -0.2) is 4.79 Å². The SMILES string of the molecule is C=CC(=O)OC.[SiH3]Cl. The van der Waals surface area contributed by atoms with E-state index in [4.69, 9.17) is 11.1 Å². The molecular formula is C4H9ClO2Si. The summed E-state index contributed by atoms with van der Waals surface area (Å²) in [5.74, 6) is -0.394. The predicted molar refractivity (Wildman–Crippen MR) is 38.0 cm³/mol. The molecule has 0 rings (SSSR count). The quantitative estimate of drug-likeness (QED) is 0.226. The van der Waals surface area contributed by atoms with Crippen molar-refractivity contribution in [3.05, 3.63) is 12.7 Å². The third-order valence-corrected chi connectivity index (χ3v) is 0.368. The molecule has 4 heteroatoms. The van der Waals surface area contributed by atoms with Gasteiger partial charge in [0.25, 0.3) is 0 Å². The molecule has 0 N–H and O–H groups in total. The topological polar surface area (TPSA) is 26.3 Å². The van der Waals surface area contributed by atoms with Crippen LogP contribution in [0.5, 0.6) is 0 Å². The van der Waals surface area contributed by atoms with Crippen LogP contribution in [-0.2, 0) is 9.53 Å². The van der Waals surface area contributed by atoms with Gasteiger partial charge in [0, 0.05) is 6.08 Å². The highest BCUT2D eigenvalue weighted by molar-refractivity contribution is 6.80. The van der Waals surface area contributed by atoms with Gasteiger partial charge in [0.15, 0.2) is 0 Å². The largest absolute Gasteiger partial charge is 0.466 e. The molecule has 0 aliphatic heterocycles. The van der Waals surface area contributed by atoms with Gasteiger partial charge in [-0.3, -0.25) is 0 Å². The smallest absolute Gasteiger partial charge is 0.329 e. The van der Waals surface area contributed by atoms with Gasteiger partial charge in [-0.05, 0) is 0 Å². The number of hydrogen-bond acceptors (Lipinski definition) is 2. The van der Waals surface area contributed by atoms with Crippen LogP contribution in [0.3, 0.4) is 0 Å². The van der Waals surface area contributed by atoms with Crippen LogP contribution in [0.1, 0.15) is 0 Å². The standard InChI is InChI=1S/C4H6O2.ClH3Si/c1-3-4(5)6-2;1-2/h3H,1H2,2H3;2H3. The normalized spacial score (nSPS) is 6.25. The number of carbonyl (C=O) groups is 1. The van der Waals surface area contributed by atoms with Crippen LogP contribution in [0.15, 0.2) is 12.7 Å². The van der Waals surface area contributed by atoms with Crippen molar-refractivity contribution in [3.63, 3.8) is 0 Å². The summed E-state index contributed by atoms with van der Waals surface area (Å²) < 4.78 is 4.14. The highest BCUT2D eigenvalue weighted by atomic mass is 35.6. The molecule has 0 aromatic heterocycles. The molecule has 0 saturated carbocycles. The average molecular weight is 153 g/mol. The lowest BCUT2D eigenvalue weighted by molar-refractivity contribution is -0.134. The lowest BCUT2D eigenvalue weighted by Crippen LogP contribution is -1.91. The lowest BCUT2D eigenvalue weighted by Gasteiger charge is -1.83. The minimum atomic E-state index is -0.394. The van der Waals surface area contributed by atoms with Crippen molar-refractivity contribution >= 4 is 26.6 Å². The average Bonchev–Trinajstić information content (AvgIpc) is 1.91. The summed E-state index contributed by atoms with van der Waals surface area (Å²) in [5, 5.41) is 0. The Morgan fingerprint density at radius 1 is 1.88 bits per heavy atom. The Morgan fingerprint density at radius 2 is 2.25 bits per heavy atom. The Labute approximate surface area is 56.6 Å². The molecule has 0 bridgehead atoms. The van der Waals surface area contributed by atoms with Gasteiger partial charge in [0.05, 0.1) is 7.11 Å². The molecular weight excluding hydrogens is 144 g/mol. The third kappa shape index (κ3) is 9.21. The van der Waals surface area contributed by atoms with E-state index >= 15 is 0 Å². The van der Waals surface area contributed by atoms with Crippen LogP contribution >= 0.6 is 11.1 Å². The van der Waals surface area contributed by atoms with Gasteiger partial charge in [0.2, 0.25) is 0 Å². The first kappa shape index (κ1) is 10.7. The monoisotopic (exact) mass is 152 g/mol. The van der Waals surface area contributed by atoms with E-state index < -0.39 is 5.97 Å². The Balaban J connectivity index is 0. The lowest BCUT2D eigenvalue weighted by atomic mass is 10.7. The minimum absolute atomic E-state index is 0.394. The summed E-state index contributed by atoms with van der Waals surface area (Å²) in [6.07, 6.45) is 1.11. The summed E-state index contributed by atoms with van der Waals surface area (Å²) in [6.45, 7) is 3.16. The van der Waals surface area contributed by atoms with Crippen LogP contribution in [0.4, 0.5) is 0 Å². The van der Waals surface area contributed by atoms with Crippen molar-refractivity contribution in [2.45, 2.75) is 0 Å². The van der Waals surface area contributed by atoms with Crippen molar-refractivity contribution in [2.24, 2.45) is 0 Å². The van der Waals surface area contributed by atoms with Crippen LogP contribution in [-0.4, -0.2) is 22.6 Å². The third-order valence-electron chi connectivity index (χ3n) is 0.368. The second-order valence-corrected chi connectivity index (χ2v) is 0.727. The second-order valence-electron chi connectivity index (χ2n) is 0.727. The molecule has 2 nitrogen and oxygen atoms in total. The number of esters is 1. The number of rotatable bonds is 1.